The lowest BCUT2D eigenvalue weighted by Crippen LogP contribution is -2.17. The molecule has 0 spiro atoms. The van der Waals surface area contributed by atoms with Gasteiger partial charge >= 0.3 is 12.1 Å². The zero-order valence-electron chi connectivity index (χ0n) is 22.0. The Morgan fingerprint density at radius 3 is 2.61 bits per heavy atom. The number of aromatic nitrogens is 4. The van der Waals surface area contributed by atoms with Crippen molar-refractivity contribution in [1.29, 1.82) is 0 Å². The third-order valence-electron chi connectivity index (χ3n) is 6.62. The van der Waals surface area contributed by atoms with Gasteiger partial charge in [0.1, 0.15) is 18.0 Å². The molecular formula is C27H24ClF3N4O6. The van der Waals surface area contributed by atoms with Gasteiger partial charge in [0.15, 0.2) is 23.2 Å². The Kier molecular flexibility index (Phi) is 7.66. The lowest BCUT2D eigenvalue weighted by atomic mass is 9.98. The molecule has 5 rings (SSSR count). The molecule has 216 valence electrons. The fourth-order valence-electron chi connectivity index (χ4n) is 4.85. The van der Waals surface area contributed by atoms with Gasteiger partial charge in [-0.3, -0.25) is 9.36 Å². The number of hydrogen-bond acceptors (Lipinski definition) is 8. The standard InChI is InChI=1S/C27H24ClF3N4O6/c1-13-18(9-10-22(36)37)40-21(32-13)12-20-25-33-34-26(27(29,30)31)35(25)17-8-7-14(28)11-16(17)23(41-20)15-5-4-6-19(38-2)24(15)39-3/h4-8,11,20,23H,9-10,12H2,1-3H3,(H,36,37)/t20-,23-/m1/s1. The van der Waals surface area contributed by atoms with Crippen LogP contribution in [0.1, 0.15) is 58.7 Å². The number of fused-ring (bicyclic) bond motifs is 3. The van der Waals surface area contributed by atoms with Crippen molar-refractivity contribution in [3.63, 3.8) is 0 Å². The lowest BCUT2D eigenvalue weighted by molar-refractivity contribution is -0.146. The summed E-state index contributed by atoms with van der Waals surface area (Å²) in [5.74, 6) is -1.18. The predicted molar refractivity (Wildman–Crippen MR) is 137 cm³/mol. The van der Waals surface area contributed by atoms with Crippen molar-refractivity contribution in [2.24, 2.45) is 0 Å². The van der Waals surface area contributed by atoms with Crippen LogP contribution in [-0.4, -0.2) is 45.0 Å². The van der Waals surface area contributed by atoms with Crippen LogP contribution in [0.5, 0.6) is 11.5 Å². The number of carboxylic acids is 1. The summed E-state index contributed by atoms with van der Waals surface area (Å²) >= 11 is 6.34. The number of hydrogen-bond donors (Lipinski definition) is 1. The summed E-state index contributed by atoms with van der Waals surface area (Å²) in [6, 6.07) is 9.54. The van der Waals surface area contributed by atoms with Gasteiger partial charge in [-0.15, -0.1) is 10.2 Å². The fourth-order valence-corrected chi connectivity index (χ4v) is 5.03. The van der Waals surface area contributed by atoms with E-state index >= 15 is 0 Å². The summed E-state index contributed by atoms with van der Waals surface area (Å²) in [5.41, 5.74) is 1.36. The highest BCUT2D eigenvalue weighted by Gasteiger charge is 2.44. The molecule has 0 radical (unpaired) electrons. The number of halogens is 4. The van der Waals surface area contributed by atoms with Crippen molar-refractivity contribution in [2.75, 3.05) is 14.2 Å². The molecule has 4 aromatic rings. The molecule has 1 N–H and O–H groups in total. The van der Waals surface area contributed by atoms with Crippen LogP contribution in [-0.2, 0) is 28.5 Å². The minimum absolute atomic E-state index is 0.0989. The third kappa shape index (κ3) is 5.46. The number of ether oxygens (including phenoxy) is 3. The van der Waals surface area contributed by atoms with Crippen LogP contribution in [0, 0.1) is 6.92 Å². The molecule has 1 aliphatic rings. The van der Waals surface area contributed by atoms with Gasteiger partial charge in [-0.2, -0.15) is 13.2 Å². The van der Waals surface area contributed by atoms with Gasteiger partial charge in [0.25, 0.3) is 0 Å². The lowest BCUT2D eigenvalue weighted by Gasteiger charge is -2.24. The number of nitrogens with zero attached hydrogens (tertiary/aromatic N) is 4. The molecule has 10 nitrogen and oxygen atoms in total. The van der Waals surface area contributed by atoms with E-state index in [0.29, 0.717) is 34.1 Å². The van der Waals surface area contributed by atoms with Crippen molar-refractivity contribution in [2.45, 2.75) is 44.6 Å². The average molecular weight is 593 g/mol. The van der Waals surface area contributed by atoms with E-state index in [1.54, 1.807) is 25.1 Å². The van der Waals surface area contributed by atoms with Crippen molar-refractivity contribution < 1.29 is 41.7 Å². The molecule has 41 heavy (non-hydrogen) atoms. The average Bonchev–Trinajstić information content (AvgIpc) is 3.49. The summed E-state index contributed by atoms with van der Waals surface area (Å²) in [4.78, 5) is 15.4. The number of para-hydroxylation sites is 1. The molecule has 0 amide bonds. The summed E-state index contributed by atoms with van der Waals surface area (Å²) < 4.78 is 67.0. The number of aliphatic carboxylic acids is 1. The van der Waals surface area contributed by atoms with Crippen molar-refractivity contribution in [3.8, 4) is 17.2 Å². The van der Waals surface area contributed by atoms with E-state index in [4.69, 9.17) is 35.3 Å². The van der Waals surface area contributed by atoms with E-state index in [2.05, 4.69) is 15.2 Å². The zero-order chi connectivity index (χ0) is 29.5. The van der Waals surface area contributed by atoms with Crippen LogP contribution < -0.4 is 9.47 Å². The monoisotopic (exact) mass is 592 g/mol. The van der Waals surface area contributed by atoms with E-state index in [1.165, 1.54) is 32.4 Å². The molecule has 1 aliphatic heterocycles. The number of oxazole rings is 1. The molecular weight excluding hydrogens is 569 g/mol. The molecule has 0 fully saturated rings. The molecule has 0 saturated heterocycles. The molecule has 2 aromatic heterocycles. The zero-order valence-corrected chi connectivity index (χ0v) is 22.8. The summed E-state index contributed by atoms with van der Waals surface area (Å²) in [6.45, 7) is 1.66. The first-order chi connectivity index (χ1) is 19.5. The SMILES string of the molecule is COc1cccc([C@H]2O[C@H](Cc3nc(C)c(CCC(=O)O)o3)c3nnc(C(F)(F)F)n3-c3ccc(Cl)cc32)c1OC. The highest BCUT2D eigenvalue weighted by molar-refractivity contribution is 6.30. The third-order valence-corrected chi connectivity index (χ3v) is 6.86. The quantitative estimate of drug-likeness (QED) is 0.275. The van der Waals surface area contributed by atoms with Crippen molar-refractivity contribution in [3.05, 3.63) is 81.5 Å². The van der Waals surface area contributed by atoms with E-state index in [0.717, 1.165) is 4.57 Å². The van der Waals surface area contributed by atoms with Gasteiger partial charge in [-0.05, 0) is 31.2 Å². The van der Waals surface area contributed by atoms with Crippen LogP contribution in [0.4, 0.5) is 13.2 Å². The van der Waals surface area contributed by atoms with Gasteiger partial charge in [0.05, 0.1) is 38.4 Å². The molecule has 14 heteroatoms. The van der Waals surface area contributed by atoms with Gasteiger partial charge in [-0.25, -0.2) is 4.98 Å². The van der Waals surface area contributed by atoms with Crippen molar-refractivity contribution >= 4 is 17.6 Å². The Labute approximate surface area is 236 Å². The minimum atomic E-state index is -4.84. The Bertz CT molecular complexity index is 1600. The van der Waals surface area contributed by atoms with Gasteiger partial charge in [-0.1, -0.05) is 23.7 Å². The molecule has 0 bridgehead atoms. The van der Waals surface area contributed by atoms with Gasteiger partial charge in [0.2, 0.25) is 5.82 Å². The Balaban J connectivity index is 1.69. The number of carbonyl (C=O) groups is 1. The molecule has 2 aromatic carbocycles. The summed E-state index contributed by atoms with van der Waals surface area (Å²) in [6.07, 6.45) is -7.19. The van der Waals surface area contributed by atoms with E-state index in [-0.39, 0.29) is 41.7 Å². The fraction of sp³-hybridized carbons (Fsp3) is 0.333. The molecule has 0 aliphatic carbocycles. The first kappa shape index (κ1) is 28.4. The normalized spacial score (nSPS) is 16.6. The smallest absolute Gasteiger partial charge is 0.452 e. The van der Waals surface area contributed by atoms with E-state index in [1.807, 2.05) is 0 Å². The molecule has 0 saturated carbocycles. The maximum Gasteiger partial charge on any atom is 0.452 e. The number of aryl methyl sites for hydroxylation is 2. The number of carboxylic acid groups (broad SMARTS) is 1. The molecule has 2 atom stereocenters. The molecule has 0 unspecified atom stereocenters. The topological polar surface area (TPSA) is 122 Å². The van der Waals surface area contributed by atoms with E-state index in [9.17, 15) is 18.0 Å². The van der Waals surface area contributed by atoms with Crippen LogP contribution >= 0.6 is 11.6 Å². The second-order valence-corrected chi connectivity index (χ2v) is 9.66. The largest absolute Gasteiger partial charge is 0.493 e. The Morgan fingerprint density at radius 1 is 1.15 bits per heavy atom. The highest BCUT2D eigenvalue weighted by atomic mass is 35.5. The van der Waals surface area contributed by atoms with Crippen LogP contribution in [0.25, 0.3) is 5.69 Å². The maximum atomic E-state index is 14.2. The van der Waals surface area contributed by atoms with Crippen LogP contribution in [0.3, 0.4) is 0 Å². The number of alkyl halides is 3. The van der Waals surface area contributed by atoms with Gasteiger partial charge in [0, 0.05) is 22.6 Å². The first-order valence-electron chi connectivity index (χ1n) is 12.4. The minimum Gasteiger partial charge on any atom is -0.493 e. The molecule has 3 heterocycles. The van der Waals surface area contributed by atoms with Crippen LogP contribution in [0.15, 0.2) is 40.8 Å². The van der Waals surface area contributed by atoms with Crippen LogP contribution in [0.2, 0.25) is 5.02 Å². The number of benzene rings is 2. The Hall–Kier alpha value is -4.10. The Morgan fingerprint density at radius 2 is 1.93 bits per heavy atom. The maximum absolute atomic E-state index is 14.2. The highest BCUT2D eigenvalue weighted by Crippen LogP contribution is 2.47. The summed E-state index contributed by atoms with van der Waals surface area (Å²) in [7, 11) is 2.91. The first-order valence-corrected chi connectivity index (χ1v) is 12.7. The predicted octanol–water partition coefficient (Wildman–Crippen LogP) is 5.67. The number of rotatable bonds is 8. The van der Waals surface area contributed by atoms with Crippen molar-refractivity contribution in [1.82, 2.24) is 19.7 Å². The van der Waals surface area contributed by atoms with E-state index < -0.39 is 30.2 Å². The second kappa shape index (κ2) is 11.1. The van der Waals surface area contributed by atoms with Gasteiger partial charge < -0.3 is 23.7 Å². The summed E-state index contributed by atoms with van der Waals surface area (Å²) in [5, 5.41) is 16.7. The number of methoxy groups -OCH3 is 2. The second-order valence-electron chi connectivity index (χ2n) is 9.22.